The Balaban J connectivity index is 1.93. The van der Waals surface area contributed by atoms with E-state index in [9.17, 15) is 9.18 Å². The second-order valence-electron chi connectivity index (χ2n) is 6.36. The van der Waals surface area contributed by atoms with Crippen LogP contribution in [0.15, 0.2) is 29.5 Å². The minimum atomic E-state index is -0.248. The Kier molecular flexibility index (Phi) is 5.75. The lowest BCUT2D eigenvalue weighted by molar-refractivity contribution is -0.114. The van der Waals surface area contributed by atoms with Crippen molar-refractivity contribution in [2.75, 3.05) is 31.6 Å². The SMILES string of the molecule is CNCCNC(=O)/C(C)=N/c1c(C)ncnc1N1CCc2cc(F)ccc21. The number of hydrogen-bond acceptors (Lipinski definition) is 6. The van der Waals surface area contributed by atoms with Gasteiger partial charge >= 0.3 is 0 Å². The van der Waals surface area contributed by atoms with Crippen LogP contribution >= 0.6 is 0 Å². The van der Waals surface area contributed by atoms with Gasteiger partial charge in [-0.3, -0.25) is 4.79 Å². The number of halogens is 1. The maximum atomic E-state index is 13.5. The number of rotatable bonds is 6. The van der Waals surface area contributed by atoms with E-state index in [-0.39, 0.29) is 11.7 Å². The molecule has 7 nitrogen and oxygen atoms in total. The van der Waals surface area contributed by atoms with E-state index in [1.54, 1.807) is 19.1 Å². The topological polar surface area (TPSA) is 82.5 Å². The number of aliphatic imine (C=N–C) groups is 1. The zero-order valence-corrected chi connectivity index (χ0v) is 15.7. The van der Waals surface area contributed by atoms with Gasteiger partial charge in [-0.2, -0.15) is 0 Å². The molecule has 0 saturated heterocycles. The molecule has 0 unspecified atom stereocenters. The number of nitrogens with one attached hydrogen (secondary N) is 2. The minimum Gasteiger partial charge on any atom is -0.350 e. The van der Waals surface area contributed by atoms with Gasteiger partial charge in [-0.15, -0.1) is 0 Å². The largest absolute Gasteiger partial charge is 0.350 e. The van der Waals surface area contributed by atoms with Crippen LogP contribution in [0.5, 0.6) is 0 Å². The van der Waals surface area contributed by atoms with E-state index in [2.05, 4.69) is 25.6 Å². The molecular weight excluding hydrogens is 347 g/mol. The number of nitrogens with zero attached hydrogens (tertiary/aromatic N) is 4. The number of likely N-dealkylation sites (N-methyl/N-ethyl adjacent to an activating group) is 1. The highest BCUT2D eigenvalue weighted by Gasteiger charge is 2.25. The van der Waals surface area contributed by atoms with Crippen LogP contribution in [0.4, 0.5) is 21.6 Å². The second kappa shape index (κ2) is 8.22. The van der Waals surface area contributed by atoms with Crippen LogP contribution in [-0.4, -0.2) is 48.3 Å². The summed E-state index contributed by atoms with van der Waals surface area (Å²) in [5.41, 5.74) is 3.41. The Morgan fingerprint density at radius 3 is 2.93 bits per heavy atom. The molecule has 0 aliphatic carbocycles. The van der Waals surface area contributed by atoms with Crippen molar-refractivity contribution in [1.29, 1.82) is 0 Å². The number of amides is 1. The first kappa shape index (κ1) is 18.9. The van der Waals surface area contributed by atoms with Crippen molar-refractivity contribution < 1.29 is 9.18 Å². The Hall–Kier alpha value is -2.87. The summed E-state index contributed by atoms with van der Waals surface area (Å²) in [5, 5.41) is 5.78. The summed E-state index contributed by atoms with van der Waals surface area (Å²) in [4.78, 5) is 27.4. The molecule has 0 fully saturated rings. The van der Waals surface area contributed by atoms with Gasteiger partial charge < -0.3 is 15.5 Å². The summed E-state index contributed by atoms with van der Waals surface area (Å²) in [6.45, 7) is 5.37. The molecule has 1 aliphatic heterocycles. The molecule has 2 heterocycles. The summed E-state index contributed by atoms with van der Waals surface area (Å²) < 4.78 is 13.5. The number of anilines is 2. The number of aryl methyl sites for hydroxylation is 1. The first-order chi connectivity index (χ1) is 13.0. The fourth-order valence-electron chi connectivity index (χ4n) is 3.02. The molecule has 27 heavy (non-hydrogen) atoms. The average Bonchev–Trinajstić information content (AvgIpc) is 3.06. The Bertz CT molecular complexity index is 882. The molecule has 0 bridgehead atoms. The molecule has 1 aromatic heterocycles. The van der Waals surface area contributed by atoms with Gasteiger partial charge in [0.25, 0.3) is 5.91 Å². The van der Waals surface area contributed by atoms with Gasteiger partial charge in [0.2, 0.25) is 0 Å². The lowest BCUT2D eigenvalue weighted by Gasteiger charge is -2.20. The second-order valence-corrected chi connectivity index (χ2v) is 6.36. The van der Waals surface area contributed by atoms with Crippen LogP contribution < -0.4 is 15.5 Å². The third-order valence-corrected chi connectivity index (χ3v) is 4.45. The highest BCUT2D eigenvalue weighted by atomic mass is 19.1. The predicted octanol–water partition coefficient (Wildman–Crippen LogP) is 2.05. The zero-order chi connectivity index (χ0) is 19.4. The molecule has 0 atom stereocenters. The minimum absolute atomic E-state index is 0.233. The fourth-order valence-corrected chi connectivity index (χ4v) is 3.02. The molecule has 2 aromatic rings. The smallest absolute Gasteiger partial charge is 0.265 e. The molecule has 0 spiro atoms. The van der Waals surface area contributed by atoms with E-state index in [0.29, 0.717) is 42.5 Å². The van der Waals surface area contributed by atoms with Crippen LogP contribution in [0.3, 0.4) is 0 Å². The van der Waals surface area contributed by atoms with Gasteiger partial charge in [0, 0.05) is 25.3 Å². The summed E-state index contributed by atoms with van der Waals surface area (Å²) in [6, 6.07) is 4.74. The van der Waals surface area contributed by atoms with E-state index in [1.165, 1.54) is 12.4 Å². The molecule has 0 saturated carbocycles. The van der Waals surface area contributed by atoms with Gasteiger partial charge in [-0.05, 0) is 51.1 Å². The Morgan fingerprint density at radius 1 is 1.33 bits per heavy atom. The first-order valence-corrected chi connectivity index (χ1v) is 8.87. The van der Waals surface area contributed by atoms with Crippen molar-refractivity contribution in [3.05, 3.63) is 41.6 Å². The van der Waals surface area contributed by atoms with Gasteiger partial charge in [0.05, 0.1) is 5.69 Å². The van der Waals surface area contributed by atoms with Crippen LogP contribution in [0.2, 0.25) is 0 Å². The Labute approximate surface area is 157 Å². The highest BCUT2D eigenvalue weighted by molar-refractivity contribution is 6.38. The molecule has 2 N–H and O–H groups in total. The monoisotopic (exact) mass is 370 g/mol. The average molecular weight is 370 g/mol. The van der Waals surface area contributed by atoms with Crippen LogP contribution in [-0.2, 0) is 11.2 Å². The van der Waals surface area contributed by atoms with Crippen molar-refractivity contribution in [3.8, 4) is 0 Å². The van der Waals surface area contributed by atoms with Gasteiger partial charge in [0.1, 0.15) is 23.5 Å². The van der Waals surface area contributed by atoms with Crippen molar-refractivity contribution in [2.24, 2.45) is 4.99 Å². The van der Waals surface area contributed by atoms with Crippen molar-refractivity contribution in [3.63, 3.8) is 0 Å². The van der Waals surface area contributed by atoms with Crippen LogP contribution in [0.25, 0.3) is 0 Å². The lowest BCUT2D eigenvalue weighted by Crippen LogP contribution is -2.34. The molecule has 142 valence electrons. The van der Waals surface area contributed by atoms with Gasteiger partial charge in [-0.1, -0.05) is 0 Å². The molecule has 1 aliphatic rings. The molecule has 8 heteroatoms. The third-order valence-electron chi connectivity index (χ3n) is 4.45. The summed E-state index contributed by atoms with van der Waals surface area (Å²) in [7, 11) is 1.82. The maximum absolute atomic E-state index is 13.5. The molecule has 1 aromatic carbocycles. The Morgan fingerprint density at radius 2 is 2.15 bits per heavy atom. The van der Waals surface area contributed by atoms with Crippen molar-refractivity contribution in [1.82, 2.24) is 20.6 Å². The van der Waals surface area contributed by atoms with E-state index in [1.807, 2.05) is 18.9 Å². The van der Waals surface area contributed by atoms with E-state index < -0.39 is 0 Å². The maximum Gasteiger partial charge on any atom is 0.265 e. The van der Waals surface area contributed by atoms with E-state index in [4.69, 9.17) is 0 Å². The number of aromatic nitrogens is 2. The fraction of sp³-hybridized carbons (Fsp3) is 0.368. The first-order valence-electron chi connectivity index (χ1n) is 8.87. The predicted molar refractivity (Wildman–Crippen MR) is 104 cm³/mol. The number of fused-ring (bicyclic) bond motifs is 1. The quantitative estimate of drug-likeness (QED) is 0.601. The molecular formula is C19H23FN6O. The standard InChI is InChI=1S/C19H23FN6O/c1-12-17(25-13(2)19(27)22-8-7-21-3)18(24-11-23-12)26-9-6-14-10-15(20)4-5-16(14)26/h4-5,10-11,21H,6-9H2,1-3H3,(H,22,27)/b25-13+. The van der Waals surface area contributed by atoms with Crippen molar-refractivity contribution in [2.45, 2.75) is 20.3 Å². The lowest BCUT2D eigenvalue weighted by atomic mass is 10.1. The third kappa shape index (κ3) is 4.11. The number of benzene rings is 1. The molecule has 0 radical (unpaired) electrons. The summed E-state index contributed by atoms with van der Waals surface area (Å²) in [6.07, 6.45) is 2.20. The van der Waals surface area contributed by atoms with Gasteiger partial charge in [0.15, 0.2) is 5.82 Å². The van der Waals surface area contributed by atoms with Crippen molar-refractivity contribution >= 4 is 28.8 Å². The number of hydrogen-bond donors (Lipinski definition) is 2. The summed E-state index contributed by atoms with van der Waals surface area (Å²) >= 11 is 0. The van der Waals surface area contributed by atoms with Crippen LogP contribution in [0, 0.1) is 12.7 Å². The van der Waals surface area contributed by atoms with Crippen LogP contribution in [0.1, 0.15) is 18.2 Å². The normalized spacial score (nSPS) is 13.6. The summed E-state index contributed by atoms with van der Waals surface area (Å²) in [5.74, 6) is 0.139. The zero-order valence-electron chi connectivity index (χ0n) is 15.7. The van der Waals surface area contributed by atoms with E-state index in [0.717, 1.165) is 17.7 Å². The number of carbonyl (C=O) groups excluding carboxylic acids is 1. The van der Waals surface area contributed by atoms with E-state index >= 15 is 0 Å². The molecule has 3 rings (SSSR count). The highest BCUT2D eigenvalue weighted by Crippen LogP contribution is 2.39. The van der Waals surface area contributed by atoms with Gasteiger partial charge in [-0.25, -0.2) is 19.4 Å². The number of carbonyl (C=O) groups is 1. The molecule has 1 amide bonds.